The summed E-state index contributed by atoms with van der Waals surface area (Å²) in [5, 5.41) is 4.22. The number of halogens is 1. The molecule has 6 nitrogen and oxygen atoms in total. The van der Waals surface area contributed by atoms with Gasteiger partial charge in [0, 0.05) is 11.4 Å². The lowest BCUT2D eigenvalue weighted by molar-refractivity contribution is 0.282. The van der Waals surface area contributed by atoms with Crippen molar-refractivity contribution in [1.82, 2.24) is 9.97 Å². The topological polar surface area (TPSA) is 68.6 Å². The number of methoxy groups -OCH3 is 1. The number of nitrogens with zero attached hydrogens (tertiary/aromatic N) is 3. The van der Waals surface area contributed by atoms with E-state index in [-0.39, 0.29) is 0 Å². The average Bonchev–Trinajstić information content (AvgIpc) is 2.67. The fraction of sp³-hybridized carbons (Fsp3) is 0.190. The number of hydrogen-bond acceptors (Lipinski definition) is 6. The zero-order valence-corrected chi connectivity index (χ0v) is 17.5. The van der Waals surface area contributed by atoms with Gasteiger partial charge in [-0.25, -0.2) is 15.4 Å². The van der Waals surface area contributed by atoms with Crippen LogP contribution >= 0.6 is 15.9 Å². The number of hydrogen-bond donors (Lipinski definition) is 1. The van der Waals surface area contributed by atoms with Crippen LogP contribution in [0.1, 0.15) is 22.5 Å². The summed E-state index contributed by atoms with van der Waals surface area (Å²) >= 11 is 3.56. The van der Waals surface area contributed by atoms with Crippen molar-refractivity contribution in [3.63, 3.8) is 0 Å². The molecule has 0 spiro atoms. The van der Waals surface area contributed by atoms with E-state index in [2.05, 4.69) is 36.4 Å². The smallest absolute Gasteiger partial charge is 0.243 e. The molecular formula is C21H21BrN4O2. The number of aromatic nitrogens is 2. The van der Waals surface area contributed by atoms with E-state index in [0.29, 0.717) is 24.1 Å². The normalized spacial score (nSPS) is 10.9. The Labute approximate surface area is 172 Å². The summed E-state index contributed by atoms with van der Waals surface area (Å²) in [6, 6.07) is 15.7. The van der Waals surface area contributed by atoms with E-state index in [1.807, 2.05) is 62.4 Å². The molecule has 3 rings (SSSR count). The maximum Gasteiger partial charge on any atom is 0.243 e. The number of rotatable bonds is 7. The first-order chi connectivity index (χ1) is 13.5. The molecule has 1 N–H and O–H groups in total. The second-order valence-electron chi connectivity index (χ2n) is 6.15. The SMILES string of the molecule is COc1cc(C=NNc2nc(C)cc(C)n2)cc(Br)c1OCc1ccccc1. The Morgan fingerprint density at radius 3 is 2.46 bits per heavy atom. The van der Waals surface area contributed by atoms with Crippen LogP contribution in [0.15, 0.2) is 58.1 Å². The molecule has 0 aliphatic rings. The second-order valence-corrected chi connectivity index (χ2v) is 7.01. The van der Waals surface area contributed by atoms with Gasteiger partial charge in [-0.3, -0.25) is 0 Å². The highest BCUT2D eigenvalue weighted by Gasteiger charge is 2.11. The van der Waals surface area contributed by atoms with Crippen LogP contribution in [-0.2, 0) is 6.61 Å². The molecule has 0 atom stereocenters. The van der Waals surface area contributed by atoms with E-state index in [0.717, 1.165) is 27.0 Å². The molecular weight excluding hydrogens is 420 g/mol. The van der Waals surface area contributed by atoms with E-state index >= 15 is 0 Å². The summed E-state index contributed by atoms with van der Waals surface area (Å²) in [5.41, 5.74) is 6.54. The van der Waals surface area contributed by atoms with Gasteiger partial charge in [-0.15, -0.1) is 0 Å². The molecule has 0 aliphatic carbocycles. The lowest BCUT2D eigenvalue weighted by Crippen LogP contribution is -2.01. The molecule has 7 heteroatoms. The van der Waals surface area contributed by atoms with Crippen LogP contribution < -0.4 is 14.9 Å². The number of aryl methyl sites for hydroxylation is 2. The second kappa shape index (κ2) is 9.32. The van der Waals surface area contributed by atoms with Gasteiger partial charge in [-0.1, -0.05) is 30.3 Å². The minimum absolute atomic E-state index is 0.453. The van der Waals surface area contributed by atoms with Crippen LogP contribution in [0, 0.1) is 13.8 Å². The zero-order valence-electron chi connectivity index (χ0n) is 15.9. The molecule has 28 heavy (non-hydrogen) atoms. The van der Waals surface area contributed by atoms with Crippen LogP contribution in [0.4, 0.5) is 5.95 Å². The molecule has 1 heterocycles. The highest BCUT2D eigenvalue weighted by atomic mass is 79.9. The lowest BCUT2D eigenvalue weighted by atomic mass is 10.2. The standard InChI is InChI=1S/C21H21BrN4O2/c1-14-9-15(2)25-21(24-14)26-23-12-17-10-18(22)20(19(11-17)27-3)28-13-16-7-5-4-6-8-16/h4-12H,13H2,1-3H3,(H,24,25,26). The summed E-state index contributed by atoms with van der Waals surface area (Å²) in [5.74, 6) is 1.73. The summed E-state index contributed by atoms with van der Waals surface area (Å²) in [6.07, 6.45) is 1.68. The summed E-state index contributed by atoms with van der Waals surface area (Å²) < 4.78 is 12.2. The molecule has 0 fully saturated rings. The van der Waals surface area contributed by atoms with Crippen molar-refractivity contribution >= 4 is 28.1 Å². The molecule has 0 radical (unpaired) electrons. The molecule has 0 saturated carbocycles. The molecule has 0 bridgehead atoms. The number of ether oxygens (including phenoxy) is 2. The van der Waals surface area contributed by atoms with Gasteiger partial charge >= 0.3 is 0 Å². The molecule has 0 aliphatic heterocycles. The van der Waals surface area contributed by atoms with Crippen molar-refractivity contribution in [2.24, 2.45) is 5.10 Å². The molecule has 1 aromatic heterocycles. The molecule has 144 valence electrons. The lowest BCUT2D eigenvalue weighted by Gasteiger charge is -2.13. The van der Waals surface area contributed by atoms with Gasteiger partial charge in [0.05, 0.1) is 17.8 Å². The first kappa shape index (κ1) is 19.8. The van der Waals surface area contributed by atoms with Gasteiger partial charge in [0.1, 0.15) is 6.61 Å². The Hall–Kier alpha value is -2.93. The molecule has 0 unspecified atom stereocenters. The Morgan fingerprint density at radius 2 is 1.79 bits per heavy atom. The van der Waals surface area contributed by atoms with Gasteiger partial charge in [-0.2, -0.15) is 5.10 Å². The molecule has 3 aromatic rings. The van der Waals surface area contributed by atoms with Crippen molar-refractivity contribution in [2.45, 2.75) is 20.5 Å². The first-order valence-corrected chi connectivity index (χ1v) is 9.50. The maximum absolute atomic E-state index is 5.95. The Kier molecular flexibility index (Phi) is 6.60. The fourth-order valence-electron chi connectivity index (χ4n) is 2.62. The van der Waals surface area contributed by atoms with Crippen molar-refractivity contribution < 1.29 is 9.47 Å². The fourth-order valence-corrected chi connectivity index (χ4v) is 3.20. The minimum Gasteiger partial charge on any atom is -0.493 e. The van der Waals surface area contributed by atoms with Gasteiger partial charge in [0.25, 0.3) is 0 Å². The number of hydrazone groups is 1. The maximum atomic E-state index is 5.95. The predicted octanol–water partition coefficient (Wildman–Crippen LogP) is 4.89. The van der Waals surface area contributed by atoms with Crippen LogP contribution in [-0.4, -0.2) is 23.3 Å². The molecule has 0 saturated heterocycles. The number of benzene rings is 2. The van der Waals surface area contributed by atoms with Crippen LogP contribution in [0.5, 0.6) is 11.5 Å². The zero-order chi connectivity index (χ0) is 19.9. The Bertz CT molecular complexity index is 957. The molecule has 0 amide bonds. The van der Waals surface area contributed by atoms with Crippen molar-refractivity contribution in [3.05, 3.63) is 75.5 Å². The van der Waals surface area contributed by atoms with E-state index in [1.165, 1.54) is 0 Å². The third-order valence-corrected chi connectivity index (χ3v) is 4.43. The largest absolute Gasteiger partial charge is 0.493 e. The Morgan fingerprint density at radius 1 is 1.07 bits per heavy atom. The van der Waals surface area contributed by atoms with Crippen molar-refractivity contribution in [3.8, 4) is 11.5 Å². The third-order valence-electron chi connectivity index (χ3n) is 3.84. The van der Waals surface area contributed by atoms with Crippen LogP contribution in [0.25, 0.3) is 0 Å². The number of nitrogens with one attached hydrogen (secondary N) is 1. The third kappa shape index (κ3) is 5.29. The van der Waals surface area contributed by atoms with E-state index in [4.69, 9.17) is 9.47 Å². The predicted molar refractivity (Wildman–Crippen MR) is 114 cm³/mol. The van der Waals surface area contributed by atoms with Gasteiger partial charge < -0.3 is 9.47 Å². The van der Waals surface area contributed by atoms with Gasteiger partial charge in [0.15, 0.2) is 11.5 Å². The quantitative estimate of drug-likeness (QED) is 0.418. The Balaban J connectivity index is 1.73. The van der Waals surface area contributed by atoms with Crippen molar-refractivity contribution in [2.75, 3.05) is 12.5 Å². The minimum atomic E-state index is 0.453. The summed E-state index contributed by atoms with van der Waals surface area (Å²) in [6.45, 7) is 4.29. The molecule has 2 aromatic carbocycles. The van der Waals surface area contributed by atoms with Gasteiger partial charge in [-0.05, 0) is 59.1 Å². The van der Waals surface area contributed by atoms with Gasteiger partial charge in [0.2, 0.25) is 5.95 Å². The van der Waals surface area contributed by atoms with E-state index in [9.17, 15) is 0 Å². The van der Waals surface area contributed by atoms with E-state index in [1.54, 1.807) is 13.3 Å². The summed E-state index contributed by atoms with van der Waals surface area (Å²) in [7, 11) is 1.61. The van der Waals surface area contributed by atoms with Crippen molar-refractivity contribution in [1.29, 1.82) is 0 Å². The van der Waals surface area contributed by atoms with E-state index < -0.39 is 0 Å². The first-order valence-electron chi connectivity index (χ1n) is 8.71. The van der Waals surface area contributed by atoms with Crippen LogP contribution in [0.2, 0.25) is 0 Å². The van der Waals surface area contributed by atoms with Crippen LogP contribution in [0.3, 0.4) is 0 Å². The average molecular weight is 441 g/mol. The highest BCUT2D eigenvalue weighted by Crippen LogP contribution is 2.36. The highest BCUT2D eigenvalue weighted by molar-refractivity contribution is 9.10. The monoisotopic (exact) mass is 440 g/mol. The summed E-state index contributed by atoms with van der Waals surface area (Å²) in [4.78, 5) is 8.59. The number of anilines is 1.